The molecular formula is C14H24N4. The number of nitrogens with zero attached hydrogens (tertiary/aromatic N) is 3. The topological polar surface area (TPSA) is 42.7 Å². The average Bonchev–Trinajstić information content (AvgIpc) is 2.95. The van der Waals surface area contributed by atoms with Crippen LogP contribution in [0.25, 0.3) is 0 Å². The highest BCUT2D eigenvalue weighted by atomic mass is 15.3. The van der Waals surface area contributed by atoms with Gasteiger partial charge in [-0.2, -0.15) is 5.10 Å². The maximum Gasteiger partial charge on any atom is 0.140 e. The molecule has 1 heterocycles. The second-order valence-electron chi connectivity index (χ2n) is 5.43. The highest BCUT2D eigenvalue weighted by Crippen LogP contribution is 2.19. The highest BCUT2D eigenvalue weighted by Gasteiger charge is 2.07. The fraction of sp³-hybridized carbons (Fsp3) is 0.714. The summed E-state index contributed by atoms with van der Waals surface area (Å²) in [5, 5.41) is 7.73. The molecule has 0 aliphatic heterocycles. The zero-order chi connectivity index (χ0) is 12.8. The van der Waals surface area contributed by atoms with Crippen molar-refractivity contribution in [2.24, 2.45) is 5.92 Å². The molecule has 0 radical (unpaired) electrons. The first-order chi connectivity index (χ1) is 8.75. The standard InChI is InChI=1S/C14H24N4/c1-12(2)10-18-14(16-11-17-18)9-15-8-7-13-5-3-4-6-13/h5,11-12,15H,3-4,6-10H2,1-2H3. The van der Waals surface area contributed by atoms with Crippen molar-refractivity contribution in [1.29, 1.82) is 0 Å². The van der Waals surface area contributed by atoms with E-state index >= 15 is 0 Å². The van der Waals surface area contributed by atoms with Gasteiger partial charge in [-0.25, -0.2) is 9.67 Å². The van der Waals surface area contributed by atoms with Crippen LogP contribution in [0, 0.1) is 5.92 Å². The summed E-state index contributed by atoms with van der Waals surface area (Å²) in [6, 6.07) is 0. The predicted octanol–water partition coefficient (Wildman–Crippen LogP) is 2.52. The number of aromatic nitrogens is 3. The smallest absolute Gasteiger partial charge is 0.140 e. The Morgan fingerprint density at radius 2 is 2.33 bits per heavy atom. The Hall–Kier alpha value is -1.16. The molecule has 1 N–H and O–H groups in total. The van der Waals surface area contributed by atoms with E-state index < -0.39 is 0 Å². The van der Waals surface area contributed by atoms with Gasteiger partial charge >= 0.3 is 0 Å². The average molecular weight is 248 g/mol. The largest absolute Gasteiger partial charge is 0.310 e. The highest BCUT2D eigenvalue weighted by molar-refractivity contribution is 5.07. The van der Waals surface area contributed by atoms with Crippen molar-refractivity contribution in [2.75, 3.05) is 6.54 Å². The Labute approximate surface area is 109 Å². The summed E-state index contributed by atoms with van der Waals surface area (Å²) in [6.45, 7) is 7.21. The summed E-state index contributed by atoms with van der Waals surface area (Å²) >= 11 is 0. The van der Waals surface area contributed by atoms with Crippen molar-refractivity contribution in [1.82, 2.24) is 20.1 Å². The summed E-state index contributed by atoms with van der Waals surface area (Å²) < 4.78 is 2.01. The molecule has 0 unspecified atom stereocenters. The third kappa shape index (κ3) is 3.95. The molecule has 100 valence electrons. The van der Waals surface area contributed by atoms with Crippen LogP contribution < -0.4 is 5.32 Å². The van der Waals surface area contributed by atoms with Gasteiger partial charge in [0.05, 0.1) is 6.54 Å². The zero-order valence-corrected chi connectivity index (χ0v) is 11.5. The van der Waals surface area contributed by atoms with Gasteiger partial charge in [-0.05, 0) is 38.1 Å². The van der Waals surface area contributed by atoms with Crippen LogP contribution in [0.1, 0.15) is 45.4 Å². The van der Waals surface area contributed by atoms with Gasteiger partial charge in [0.2, 0.25) is 0 Å². The van der Waals surface area contributed by atoms with Gasteiger partial charge in [0.1, 0.15) is 12.2 Å². The third-order valence-corrected chi connectivity index (χ3v) is 3.27. The Balaban J connectivity index is 1.71. The molecule has 1 aliphatic rings. The predicted molar refractivity (Wildman–Crippen MR) is 73.1 cm³/mol. The number of rotatable bonds is 7. The Morgan fingerprint density at radius 3 is 3.06 bits per heavy atom. The lowest BCUT2D eigenvalue weighted by Crippen LogP contribution is -2.20. The van der Waals surface area contributed by atoms with Gasteiger partial charge < -0.3 is 5.32 Å². The summed E-state index contributed by atoms with van der Waals surface area (Å²) in [4.78, 5) is 4.31. The molecule has 0 saturated carbocycles. The van der Waals surface area contributed by atoms with Crippen molar-refractivity contribution in [2.45, 2.75) is 52.6 Å². The van der Waals surface area contributed by atoms with Crippen LogP contribution >= 0.6 is 0 Å². The first-order valence-electron chi connectivity index (χ1n) is 7.01. The first-order valence-corrected chi connectivity index (χ1v) is 7.01. The van der Waals surface area contributed by atoms with Gasteiger partial charge in [0, 0.05) is 6.54 Å². The Kier molecular flexibility index (Phi) is 4.93. The minimum absolute atomic E-state index is 0.606. The lowest BCUT2D eigenvalue weighted by atomic mass is 10.2. The van der Waals surface area contributed by atoms with E-state index in [1.54, 1.807) is 11.9 Å². The Morgan fingerprint density at radius 1 is 1.44 bits per heavy atom. The quantitative estimate of drug-likeness (QED) is 0.595. The van der Waals surface area contributed by atoms with E-state index in [4.69, 9.17) is 0 Å². The second-order valence-corrected chi connectivity index (χ2v) is 5.43. The SMILES string of the molecule is CC(C)Cn1ncnc1CNCCC1=CCCC1. The molecule has 4 nitrogen and oxygen atoms in total. The lowest BCUT2D eigenvalue weighted by Gasteiger charge is -2.09. The van der Waals surface area contributed by atoms with Crippen LogP contribution in [0.5, 0.6) is 0 Å². The summed E-state index contributed by atoms with van der Waals surface area (Å²) in [7, 11) is 0. The summed E-state index contributed by atoms with van der Waals surface area (Å²) in [5.74, 6) is 1.65. The number of allylic oxidation sites excluding steroid dienone is 1. The Bertz CT molecular complexity index is 392. The van der Waals surface area contributed by atoms with Gasteiger partial charge in [-0.1, -0.05) is 25.5 Å². The molecule has 0 aromatic carbocycles. The van der Waals surface area contributed by atoms with Crippen molar-refractivity contribution >= 4 is 0 Å². The van der Waals surface area contributed by atoms with Crippen LogP contribution in [0.3, 0.4) is 0 Å². The van der Waals surface area contributed by atoms with E-state index in [-0.39, 0.29) is 0 Å². The monoisotopic (exact) mass is 248 g/mol. The molecule has 0 amide bonds. The van der Waals surface area contributed by atoms with Crippen LogP contribution in [0.4, 0.5) is 0 Å². The van der Waals surface area contributed by atoms with Gasteiger partial charge in [0.15, 0.2) is 0 Å². The van der Waals surface area contributed by atoms with E-state index in [0.29, 0.717) is 5.92 Å². The molecule has 0 saturated heterocycles. The molecule has 1 aliphatic carbocycles. The molecular weight excluding hydrogens is 224 g/mol. The van der Waals surface area contributed by atoms with Crippen LogP contribution in [-0.4, -0.2) is 21.3 Å². The number of hydrogen-bond acceptors (Lipinski definition) is 3. The van der Waals surface area contributed by atoms with Gasteiger partial charge in [0.25, 0.3) is 0 Å². The minimum atomic E-state index is 0.606. The summed E-state index contributed by atoms with van der Waals surface area (Å²) in [6.07, 6.45) is 9.14. The van der Waals surface area contributed by atoms with Crippen LogP contribution in [-0.2, 0) is 13.1 Å². The van der Waals surface area contributed by atoms with Gasteiger partial charge in [-0.3, -0.25) is 0 Å². The summed E-state index contributed by atoms with van der Waals surface area (Å²) in [5.41, 5.74) is 1.62. The molecule has 1 aromatic rings. The maximum atomic E-state index is 4.31. The molecule has 18 heavy (non-hydrogen) atoms. The molecule has 0 bridgehead atoms. The van der Waals surface area contributed by atoms with E-state index in [1.165, 1.54) is 25.7 Å². The van der Waals surface area contributed by atoms with E-state index in [2.05, 4.69) is 35.3 Å². The molecule has 1 aromatic heterocycles. The molecule has 0 spiro atoms. The number of nitrogens with one attached hydrogen (secondary N) is 1. The maximum absolute atomic E-state index is 4.31. The fourth-order valence-electron chi connectivity index (χ4n) is 2.34. The molecule has 4 heteroatoms. The number of hydrogen-bond donors (Lipinski definition) is 1. The lowest BCUT2D eigenvalue weighted by molar-refractivity contribution is 0.458. The molecule has 0 atom stereocenters. The first kappa shape index (κ1) is 13.3. The van der Waals surface area contributed by atoms with Crippen molar-refractivity contribution in [3.8, 4) is 0 Å². The van der Waals surface area contributed by atoms with E-state index in [0.717, 1.165) is 25.5 Å². The zero-order valence-electron chi connectivity index (χ0n) is 11.5. The third-order valence-electron chi connectivity index (χ3n) is 3.27. The molecule has 0 fully saturated rings. The van der Waals surface area contributed by atoms with Crippen molar-refractivity contribution < 1.29 is 0 Å². The van der Waals surface area contributed by atoms with E-state index in [1.807, 2.05) is 4.68 Å². The molecule has 2 rings (SSSR count). The normalized spacial score (nSPS) is 15.4. The van der Waals surface area contributed by atoms with Crippen molar-refractivity contribution in [3.63, 3.8) is 0 Å². The van der Waals surface area contributed by atoms with Crippen LogP contribution in [0.2, 0.25) is 0 Å². The minimum Gasteiger partial charge on any atom is -0.310 e. The van der Waals surface area contributed by atoms with E-state index in [9.17, 15) is 0 Å². The van der Waals surface area contributed by atoms with Crippen molar-refractivity contribution in [3.05, 3.63) is 23.8 Å². The van der Waals surface area contributed by atoms with Crippen LogP contribution in [0.15, 0.2) is 18.0 Å². The second kappa shape index (κ2) is 6.69. The fourth-order valence-corrected chi connectivity index (χ4v) is 2.34. The van der Waals surface area contributed by atoms with Gasteiger partial charge in [-0.15, -0.1) is 0 Å².